The minimum Gasteiger partial charge on any atom is -0.454 e. The molecule has 0 saturated carbocycles. The maximum Gasteiger partial charge on any atom is 0.326 e. The fourth-order valence-corrected chi connectivity index (χ4v) is 4.08. The molecule has 4 rings (SSSR count). The predicted molar refractivity (Wildman–Crippen MR) is 126 cm³/mol. The topological polar surface area (TPSA) is 99.3 Å². The number of ether oxygens (including phenoxy) is 1. The number of anilines is 2. The monoisotopic (exact) mass is 464 g/mol. The standard InChI is InChI=1S/C25H28N4O5/c30-22(18-34-25(33)17-29-23(31)10-11-24(29)32)26-20-6-8-21(9-7-20)28-14-12-27(13-15-28)16-19-4-2-1-3-5-19/h1-9H,10-18H2,(H,26,30). The molecule has 0 atom stereocenters. The van der Waals surface area contributed by atoms with Gasteiger partial charge in [0.2, 0.25) is 11.8 Å². The second kappa shape index (κ2) is 10.9. The number of likely N-dealkylation sites (tertiary alicyclic amines) is 1. The molecule has 9 heteroatoms. The van der Waals surface area contributed by atoms with Gasteiger partial charge in [-0.05, 0) is 29.8 Å². The molecule has 2 aliphatic rings. The predicted octanol–water partition coefficient (Wildman–Crippen LogP) is 1.64. The van der Waals surface area contributed by atoms with Crippen LogP contribution in [-0.4, -0.2) is 72.8 Å². The lowest BCUT2D eigenvalue weighted by Gasteiger charge is -2.36. The van der Waals surface area contributed by atoms with E-state index in [9.17, 15) is 19.2 Å². The minimum atomic E-state index is -0.791. The number of carbonyl (C=O) groups is 4. The molecule has 0 spiro atoms. The molecule has 9 nitrogen and oxygen atoms in total. The molecule has 3 amide bonds. The second-order valence-corrected chi connectivity index (χ2v) is 8.38. The minimum absolute atomic E-state index is 0.103. The molecular weight excluding hydrogens is 436 g/mol. The highest BCUT2D eigenvalue weighted by Crippen LogP contribution is 2.20. The Morgan fingerprint density at radius 3 is 2.15 bits per heavy atom. The van der Waals surface area contributed by atoms with E-state index >= 15 is 0 Å². The van der Waals surface area contributed by atoms with Crippen LogP contribution >= 0.6 is 0 Å². The van der Waals surface area contributed by atoms with Crippen molar-refractivity contribution in [2.24, 2.45) is 0 Å². The van der Waals surface area contributed by atoms with Crippen LogP contribution in [0.25, 0.3) is 0 Å². The number of amides is 3. The van der Waals surface area contributed by atoms with Gasteiger partial charge >= 0.3 is 5.97 Å². The zero-order valence-corrected chi connectivity index (χ0v) is 18.9. The van der Waals surface area contributed by atoms with Crippen LogP contribution < -0.4 is 10.2 Å². The Kier molecular flexibility index (Phi) is 7.54. The molecule has 0 aliphatic carbocycles. The van der Waals surface area contributed by atoms with Crippen LogP contribution in [0.2, 0.25) is 0 Å². The number of carbonyl (C=O) groups excluding carboxylic acids is 4. The van der Waals surface area contributed by atoms with Gasteiger partial charge in [-0.1, -0.05) is 30.3 Å². The van der Waals surface area contributed by atoms with Gasteiger partial charge in [-0.25, -0.2) is 0 Å². The molecular formula is C25H28N4O5. The lowest BCUT2D eigenvalue weighted by Crippen LogP contribution is -2.45. The summed E-state index contributed by atoms with van der Waals surface area (Å²) in [6.45, 7) is 3.82. The van der Waals surface area contributed by atoms with Gasteiger partial charge in [-0.15, -0.1) is 0 Å². The molecule has 2 aromatic rings. The number of esters is 1. The van der Waals surface area contributed by atoms with Crippen molar-refractivity contribution in [3.8, 4) is 0 Å². The zero-order valence-electron chi connectivity index (χ0n) is 18.9. The molecule has 0 unspecified atom stereocenters. The average Bonchev–Trinajstić information content (AvgIpc) is 3.16. The van der Waals surface area contributed by atoms with Crippen LogP contribution in [0.4, 0.5) is 11.4 Å². The quantitative estimate of drug-likeness (QED) is 0.468. The Balaban J connectivity index is 1.18. The van der Waals surface area contributed by atoms with E-state index in [2.05, 4.69) is 39.4 Å². The summed E-state index contributed by atoms with van der Waals surface area (Å²) < 4.78 is 4.90. The summed E-state index contributed by atoms with van der Waals surface area (Å²) in [5.74, 6) is -2.08. The Hall–Kier alpha value is -3.72. The molecule has 2 fully saturated rings. The van der Waals surface area contributed by atoms with Crippen molar-refractivity contribution in [2.45, 2.75) is 19.4 Å². The van der Waals surface area contributed by atoms with Gasteiger partial charge in [-0.2, -0.15) is 0 Å². The molecule has 2 aromatic carbocycles. The van der Waals surface area contributed by atoms with E-state index in [4.69, 9.17) is 4.74 Å². The number of hydrogen-bond acceptors (Lipinski definition) is 7. The largest absolute Gasteiger partial charge is 0.454 e. The maximum absolute atomic E-state index is 12.1. The Bertz CT molecular complexity index is 1020. The average molecular weight is 465 g/mol. The Morgan fingerprint density at radius 2 is 1.50 bits per heavy atom. The lowest BCUT2D eigenvalue weighted by molar-refractivity contribution is -0.153. The summed E-state index contributed by atoms with van der Waals surface area (Å²) in [5, 5.41) is 2.68. The molecule has 2 aliphatic heterocycles. The highest BCUT2D eigenvalue weighted by Gasteiger charge is 2.31. The van der Waals surface area contributed by atoms with Crippen LogP contribution in [0, 0.1) is 0 Å². The molecule has 2 heterocycles. The molecule has 0 radical (unpaired) electrons. The molecule has 178 valence electrons. The van der Waals surface area contributed by atoms with Crippen molar-refractivity contribution >= 4 is 35.1 Å². The first kappa shape index (κ1) is 23.4. The molecule has 0 bridgehead atoms. The van der Waals surface area contributed by atoms with Crippen molar-refractivity contribution in [3.05, 3.63) is 60.2 Å². The first-order valence-corrected chi connectivity index (χ1v) is 11.4. The van der Waals surface area contributed by atoms with Crippen LogP contribution in [-0.2, 0) is 30.5 Å². The van der Waals surface area contributed by atoms with Gasteiger partial charge in [-0.3, -0.25) is 29.0 Å². The van der Waals surface area contributed by atoms with E-state index in [1.807, 2.05) is 30.3 Å². The van der Waals surface area contributed by atoms with E-state index in [0.29, 0.717) is 5.69 Å². The van der Waals surface area contributed by atoms with Crippen molar-refractivity contribution < 1.29 is 23.9 Å². The van der Waals surface area contributed by atoms with E-state index in [-0.39, 0.29) is 12.8 Å². The molecule has 0 aromatic heterocycles. The second-order valence-electron chi connectivity index (χ2n) is 8.38. The number of nitrogens with zero attached hydrogens (tertiary/aromatic N) is 3. The first-order valence-electron chi connectivity index (χ1n) is 11.4. The first-order chi connectivity index (χ1) is 16.5. The Labute approximate surface area is 198 Å². The third-order valence-corrected chi connectivity index (χ3v) is 5.94. The van der Waals surface area contributed by atoms with Crippen molar-refractivity contribution in [3.63, 3.8) is 0 Å². The number of nitrogens with one attached hydrogen (secondary N) is 1. The van der Waals surface area contributed by atoms with Crippen molar-refractivity contribution in [1.29, 1.82) is 0 Å². The number of benzene rings is 2. The summed E-state index contributed by atoms with van der Waals surface area (Å²) in [5.41, 5.74) is 3.00. The Morgan fingerprint density at radius 1 is 0.853 bits per heavy atom. The van der Waals surface area contributed by atoms with Gasteiger partial charge < -0.3 is 15.0 Å². The summed E-state index contributed by atoms with van der Waals surface area (Å²) in [6, 6.07) is 18.0. The smallest absolute Gasteiger partial charge is 0.326 e. The lowest BCUT2D eigenvalue weighted by atomic mass is 10.2. The van der Waals surface area contributed by atoms with E-state index in [0.717, 1.165) is 43.3 Å². The zero-order chi connectivity index (χ0) is 23.9. The highest BCUT2D eigenvalue weighted by molar-refractivity contribution is 6.04. The van der Waals surface area contributed by atoms with Crippen molar-refractivity contribution in [1.82, 2.24) is 9.80 Å². The fraction of sp³-hybridized carbons (Fsp3) is 0.360. The number of imide groups is 1. The van der Waals surface area contributed by atoms with Crippen LogP contribution in [0.3, 0.4) is 0 Å². The highest BCUT2D eigenvalue weighted by atomic mass is 16.5. The van der Waals surface area contributed by atoms with Crippen LogP contribution in [0.1, 0.15) is 18.4 Å². The SMILES string of the molecule is O=C(COC(=O)CN1C(=O)CCC1=O)Nc1ccc(N2CCN(Cc3ccccc3)CC2)cc1. The van der Waals surface area contributed by atoms with Gasteiger partial charge in [0.05, 0.1) is 0 Å². The van der Waals surface area contributed by atoms with Gasteiger partial charge in [0.15, 0.2) is 6.61 Å². The third kappa shape index (κ3) is 6.20. The number of piperazine rings is 1. The van der Waals surface area contributed by atoms with Crippen LogP contribution in [0.5, 0.6) is 0 Å². The normalized spacial score (nSPS) is 16.6. The molecule has 2 saturated heterocycles. The van der Waals surface area contributed by atoms with Crippen LogP contribution in [0.15, 0.2) is 54.6 Å². The summed E-state index contributed by atoms with van der Waals surface area (Å²) in [4.78, 5) is 52.6. The summed E-state index contributed by atoms with van der Waals surface area (Å²) in [7, 11) is 0. The van der Waals surface area contributed by atoms with Gasteiger partial charge in [0, 0.05) is 56.9 Å². The van der Waals surface area contributed by atoms with Gasteiger partial charge in [0.25, 0.3) is 5.91 Å². The summed E-state index contributed by atoms with van der Waals surface area (Å²) >= 11 is 0. The van der Waals surface area contributed by atoms with E-state index in [1.54, 1.807) is 0 Å². The third-order valence-electron chi connectivity index (χ3n) is 5.94. The van der Waals surface area contributed by atoms with Gasteiger partial charge in [0.1, 0.15) is 6.54 Å². The van der Waals surface area contributed by atoms with E-state index < -0.39 is 36.8 Å². The summed E-state index contributed by atoms with van der Waals surface area (Å²) in [6.07, 6.45) is 0.206. The van der Waals surface area contributed by atoms with E-state index in [1.165, 1.54) is 5.56 Å². The molecule has 1 N–H and O–H groups in total. The van der Waals surface area contributed by atoms with Crippen molar-refractivity contribution in [2.75, 3.05) is 49.5 Å². The molecule has 34 heavy (non-hydrogen) atoms. The fourth-order valence-electron chi connectivity index (χ4n) is 4.08. The number of rotatable bonds is 8. The number of hydrogen-bond donors (Lipinski definition) is 1. The maximum atomic E-state index is 12.1.